The van der Waals surface area contributed by atoms with Gasteiger partial charge in [-0.15, -0.1) is 0 Å². The molecular weight excluding hydrogens is 414 g/mol. The number of esters is 1. The lowest BCUT2D eigenvalue weighted by atomic mass is 9.94. The van der Waals surface area contributed by atoms with E-state index >= 15 is 0 Å². The number of hydrogen-bond donors (Lipinski definition) is 1. The van der Waals surface area contributed by atoms with Crippen molar-refractivity contribution in [1.29, 1.82) is 0 Å². The summed E-state index contributed by atoms with van der Waals surface area (Å²) in [6.45, 7) is 3.50. The first-order valence-electron chi connectivity index (χ1n) is 9.99. The Labute approximate surface area is 186 Å². The van der Waals surface area contributed by atoms with Crippen molar-refractivity contribution in [3.05, 3.63) is 64.7 Å². The minimum absolute atomic E-state index is 0.0177. The molecule has 1 unspecified atom stereocenters. The largest absolute Gasteiger partial charge is 0.507 e. The highest BCUT2D eigenvalue weighted by Crippen LogP contribution is 2.40. The summed E-state index contributed by atoms with van der Waals surface area (Å²) >= 11 is 0. The first-order valence-corrected chi connectivity index (χ1v) is 9.99. The molecule has 0 aliphatic carbocycles. The van der Waals surface area contributed by atoms with Gasteiger partial charge in [0.25, 0.3) is 11.7 Å². The van der Waals surface area contributed by atoms with Gasteiger partial charge in [-0.25, -0.2) is 0 Å². The number of amides is 1. The maximum absolute atomic E-state index is 13.0. The molecule has 0 spiro atoms. The van der Waals surface area contributed by atoms with Crippen LogP contribution >= 0.6 is 0 Å². The third kappa shape index (κ3) is 4.50. The molecule has 1 saturated heterocycles. The number of methoxy groups -OCH3 is 2. The predicted octanol–water partition coefficient (Wildman–Crippen LogP) is 3.00. The Morgan fingerprint density at radius 1 is 1.09 bits per heavy atom. The molecule has 0 aromatic heterocycles. The average molecular weight is 439 g/mol. The summed E-state index contributed by atoms with van der Waals surface area (Å²) in [5, 5.41) is 11.1. The van der Waals surface area contributed by atoms with Crippen molar-refractivity contribution in [2.45, 2.75) is 19.9 Å². The van der Waals surface area contributed by atoms with E-state index in [2.05, 4.69) is 0 Å². The van der Waals surface area contributed by atoms with Gasteiger partial charge in [-0.05, 0) is 48.4 Å². The normalized spacial score (nSPS) is 17.5. The van der Waals surface area contributed by atoms with Crippen molar-refractivity contribution in [3.63, 3.8) is 0 Å². The second-order valence-electron chi connectivity index (χ2n) is 7.33. The summed E-state index contributed by atoms with van der Waals surface area (Å²) in [6, 6.07) is 10.6. The summed E-state index contributed by atoms with van der Waals surface area (Å²) in [5.41, 5.74) is 1.74. The maximum Gasteiger partial charge on any atom is 0.308 e. The highest BCUT2D eigenvalue weighted by Gasteiger charge is 2.45. The summed E-state index contributed by atoms with van der Waals surface area (Å²) < 4.78 is 15.4. The van der Waals surface area contributed by atoms with Crippen molar-refractivity contribution in [3.8, 4) is 11.5 Å². The molecule has 2 aromatic rings. The standard InChI is InChI=1S/C24H25NO7/c1-14-13-17(7-10-19(14)31-4)22(27)20-21(25(11-12-30-3)24(29)23(20)28)16-5-8-18(9-6-16)32-15(2)26/h5-10,13,21,27H,11-12H2,1-4H3/b22-20-. The number of aliphatic hydroxyl groups is 1. The van der Waals surface area contributed by atoms with E-state index in [1.54, 1.807) is 49.6 Å². The molecule has 8 heteroatoms. The smallest absolute Gasteiger partial charge is 0.308 e. The summed E-state index contributed by atoms with van der Waals surface area (Å²) in [6.07, 6.45) is 0. The summed E-state index contributed by atoms with van der Waals surface area (Å²) in [4.78, 5) is 38.3. The van der Waals surface area contributed by atoms with Crippen LogP contribution in [0.4, 0.5) is 0 Å². The van der Waals surface area contributed by atoms with E-state index in [0.717, 1.165) is 5.56 Å². The van der Waals surface area contributed by atoms with Crippen molar-refractivity contribution in [2.24, 2.45) is 0 Å². The molecule has 1 heterocycles. The number of likely N-dealkylation sites (tertiary alicyclic amines) is 1. The Kier molecular flexibility index (Phi) is 6.95. The molecule has 0 bridgehead atoms. The molecule has 1 fully saturated rings. The van der Waals surface area contributed by atoms with Crippen LogP contribution in [0.1, 0.15) is 29.7 Å². The topological polar surface area (TPSA) is 102 Å². The molecule has 1 amide bonds. The molecule has 1 N–H and O–H groups in total. The van der Waals surface area contributed by atoms with Gasteiger partial charge < -0.3 is 24.2 Å². The molecule has 1 atom stereocenters. The molecule has 0 saturated carbocycles. The number of rotatable bonds is 7. The number of carbonyl (C=O) groups is 3. The van der Waals surface area contributed by atoms with Gasteiger partial charge in [0.1, 0.15) is 17.3 Å². The number of aryl methyl sites for hydroxylation is 1. The van der Waals surface area contributed by atoms with Crippen molar-refractivity contribution < 1.29 is 33.7 Å². The molecule has 0 radical (unpaired) electrons. The van der Waals surface area contributed by atoms with E-state index in [-0.39, 0.29) is 24.5 Å². The van der Waals surface area contributed by atoms with E-state index in [4.69, 9.17) is 14.2 Å². The fraction of sp³-hybridized carbons (Fsp3) is 0.292. The number of aliphatic hydroxyl groups excluding tert-OH is 1. The summed E-state index contributed by atoms with van der Waals surface area (Å²) in [5.74, 6) is -1.26. The van der Waals surface area contributed by atoms with Crippen molar-refractivity contribution in [2.75, 3.05) is 27.4 Å². The zero-order chi connectivity index (χ0) is 23.4. The van der Waals surface area contributed by atoms with Gasteiger partial charge >= 0.3 is 5.97 Å². The number of nitrogens with zero attached hydrogens (tertiary/aromatic N) is 1. The fourth-order valence-electron chi connectivity index (χ4n) is 3.71. The zero-order valence-corrected chi connectivity index (χ0v) is 18.4. The Balaban J connectivity index is 2.12. The van der Waals surface area contributed by atoms with Crippen LogP contribution in [-0.2, 0) is 19.1 Å². The van der Waals surface area contributed by atoms with E-state index in [1.165, 1.54) is 18.9 Å². The number of ketones is 1. The summed E-state index contributed by atoms with van der Waals surface area (Å²) in [7, 11) is 3.04. The minimum atomic E-state index is -0.820. The van der Waals surface area contributed by atoms with Crippen LogP contribution in [0.15, 0.2) is 48.0 Å². The van der Waals surface area contributed by atoms with Gasteiger partial charge in [0.15, 0.2) is 0 Å². The molecular formula is C24H25NO7. The molecule has 32 heavy (non-hydrogen) atoms. The Morgan fingerprint density at radius 3 is 2.34 bits per heavy atom. The van der Waals surface area contributed by atoms with Crippen LogP contribution in [0.25, 0.3) is 5.76 Å². The highest BCUT2D eigenvalue weighted by atomic mass is 16.5. The van der Waals surface area contributed by atoms with E-state index in [9.17, 15) is 19.5 Å². The van der Waals surface area contributed by atoms with Crippen LogP contribution in [0, 0.1) is 6.92 Å². The van der Waals surface area contributed by atoms with Gasteiger partial charge in [-0.1, -0.05) is 12.1 Å². The van der Waals surface area contributed by atoms with E-state index in [1.807, 2.05) is 6.92 Å². The average Bonchev–Trinajstić information content (AvgIpc) is 3.02. The quantitative estimate of drug-likeness (QED) is 0.233. The lowest BCUT2D eigenvalue weighted by molar-refractivity contribution is -0.140. The first kappa shape index (κ1) is 23.0. The van der Waals surface area contributed by atoms with Crippen LogP contribution < -0.4 is 9.47 Å². The predicted molar refractivity (Wildman–Crippen MR) is 116 cm³/mol. The van der Waals surface area contributed by atoms with Gasteiger partial charge in [0, 0.05) is 26.1 Å². The third-order valence-corrected chi connectivity index (χ3v) is 5.20. The molecule has 1 aliphatic rings. The lowest BCUT2D eigenvalue weighted by Gasteiger charge is -2.25. The number of hydrogen-bond acceptors (Lipinski definition) is 7. The van der Waals surface area contributed by atoms with Gasteiger partial charge in [-0.2, -0.15) is 0 Å². The molecule has 168 valence electrons. The van der Waals surface area contributed by atoms with Crippen LogP contribution in [0.5, 0.6) is 11.5 Å². The lowest BCUT2D eigenvalue weighted by Crippen LogP contribution is -2.32. The molecule has 8 nitrogen and oxygen atoms in total. The Hall–Kier alpha value is -3.65. The maximum atomic E-state index is 13.0. The second-order valence-corrected chi connectivity index (χ2v) is 7.33. The fourth-order valence-corrected chi connectivity index (χ4v) is 3.71. The van der Waals surface area contributed by atoms with Gasteiger partial charge in [0.2, 0.25) is 0 Å². The highest BCUT2D eigenvalue weighted by molar-refractivity contribution is 6.46. The molecule has 2 aromatic carbocycles. The SMILES string of the molecule is COCCN1C(=O)C(=O)/C(=C(\O)c2ccc(OC)c(C)c2)C1c1ccc(OC(C)=O)cc1. The van der Waals surface area contributed by atoms with Crippen LogP contribution in [0.3, 0.4) is 0 Å². The van der Waals surface area contributed by atoms with Crippen LogP contribution in [0.2, 0.25) is 0 Å². The van der Waals surface area contributed by atoms with Crippen molar-refractivity contribution >= 4 is 23.4 Å². The minimum Gasteiger partial charge on any atom is -0.507 e. The van der Waals surface area contributed by atoms with Crippen LogP contribution in [-0.4, -0.2) is 55.0 Å². The van der Waals surface area contributed by atoms with Gasteiger partial charge in [-0.3, -0.25) is 14.4 Å². The second kappa shape index (κ2) is 9.65. The Morgan fingerprint density at radius 2 is 1.78 bits per heavy atom. The van der Waals surface area contributed by atoms with Crippen molar-refractivity contribution in [1.82, 2.24) is 4.90 Å². The van der Waals surface area contributed by atoms with Gasteiger partial charge in [0.05, 0.1) is 25.3 Å². The van der Waals surface area contributed by atoms with E-state index < -0.39 is 23.7 Å². The first-order chi connectivity index (χ1) is 15.3. The number of carbonyl (C=O) groups excluding carboxylic acids is 3. The zero-order valence-electron chi connectivity index (χ0n) is 18.4. The number of Topliss-reactive ketones (excluding diaryl/α,β-unsaturated/α-hetero) is 1. The Bertz CT molecular complexity index is 1070. The third-order valence-electron chi connectivity index (χ3n) is 5.20. The monoisotopic (exact) mass is 439 g/mol. The number of benzene rings is 2. The molecule has 1 aliphatic heterocycles. The van der Waals surface area contributed by atoms with E-state index in [0.29, 0.717) is 22.6 Å². The molecule has 3 rings (SSSR count). The number of ether oxygens (including phenoxy) is 3.